The van der Waals surface area contributed by atoms with E-state index in [2.05, 4.69) is 5.32 Å². The summed E-state index contributed by atoms with van der Waals surface area (Å²) in [5, 5.41) is 20.5. The average molecular weight is 435 g/mol. The van der Waals surface area contributed by atoms with E-state index < -0.39 is 12.0 Å². The van der Waals surface area contributed by atoms with E-state index in [1.807, 2.05) is 25.1 Å². The van der Waals surface area contributed by atoms with Crippen LogP contribution in [-0.2, 0) is 17.6 Å². The molecule has 3 rings (SSSR count). The van der Waals surface area contributed by atoms with Gasteiger partial charge < -0.3 is 20.9 Å². The third-order valence-electron chi connectivity index (χ3n) is 5.08. The van der Waals surface area contributed by atoms with Crippen molar-refractivity contribution in [1.82, 2.24) is 0 Å². The number of rotatable bonds is 10. The van der Waals surface area contributed by atoms with Gasteiger partial charge in [-0.15, -0.1) is 0 Å². The zero-order valence-corrected chi connectivity index (χ0v) is 17.8. The highest BCUT2D eigenvalue weighted by atomic mass is 19.1. The number of anilines is 1. The zero-order chi connectivity index (χ0) is 23.1. The van der Waals surface area contributed by atoms with Crippen LogP contribution in [0.5, 0.6) is 5.75 Å². The summed E-state index contributed by atoms with van der Waals surface area (Å²) < 4.78 is 19.3. The summed E-state index contributed by atoms with van der Waals surface area (Å²) in [6.45, 7) is 2.27. The summed E-state index contributed by atoms with van der Waals surface area (Å²) in [7, 11) is 0. The number of nitrogens with one attached hydrogen (secondary N) is 2. The molecule has 3 aromatic rings. The second kappa shape index (κ2) is 10.4. The number of ether oxygens (including phenoxy) is 1. The molecule has 0 bridgehead atoms. The highest BCUT2D eigenvalue weighted by molar-refractivity contribution is 5.95. The molecule has 0 radical (unpaired) electrons. The SMILES string of the molecule is CCc1ccc(OCCc2cccc(F)c2)c([C@@H](Nc2ccc(C(=N)N)cc2)C(=O)O)c1. The predicted octanol–water partition coefficient (Wildman–Crippen LogP) is 4.53. The van der Waals surface area contributed by atoms with Crippen molar-refractivity contribution in [3.8, 4) is 5.75 Å². The molecule has 0 aliphatic carbocycles. The third-order valence-corrected chi connectivity index (χ3v) is 5.08. The topological polar surface area (TPSA) is 108 Å². The van der Waals surface area contributed by atoms with Crippen LogP contribution in [0.4, 0.5) is 10.1 Å². The number of nitrogen functional groups attached to an aromatic ring is 1. The fourth-order valence-electron chi connectivity index (χ4n) is 3.33. The Hall–Kier alpha value is -3.87. The molecule has 166 valence electrons. The number of carboxylic acids is 1. The van der Waals surface area contributed by atoms with E-state index in [0.717, 1.165) is 17.5 Å². The van der Waals surface area contributed by atoms with E-state index in [-0.39, 0.29) is 18.3 Å². The van der Waals surface area contributed by atoms with E-state index in [1.165, 1.54) is 12.1 Å². The molecule has 0 aromatic heterocycles. The van der Waals surface area contributed by atoms with Crippen molar-refractivity contribution in [3.05, 3.63) is 94.8 Å². The number of benzene rings is 3. The molecule has 0 amide bonds. The Labute approximate surface area is 186 Å². The minimum atomic E-state index is -1.05. The Bertz CT molecular complexity index is 1100. The van der Waals surface area contributed by atoms with E-state index in [9.17, 15) is 14.3 Å². The van der Waals surface area contributed by atoms with Crippen LogP contribution in [0.15, 0.2) is 66.7 Å². The molecule has 0 spiro atoms. The number of amidine groups is 1. The van der Waals surface area contributed by atoms with Crippen LogP contribution in [0, 0.1) is 11.2 Å². The van der Waals surface area contributed by atoms with Gasteiger partial charge in [-0.05, 0) is 66.1 Å². The summed E-state index contributed by atoms with van der Waals surface area (Å²) in [4.78, 5) is 12.2. The molecule has 7 heteroatoms. The Morgan fingerprint density at radius 1 is 1.12 bits per heavy atom. The van der Waals surface area contributed by atoms with E-state index in [4.69, 9.17) is 15.9 Å². The number of carbonyl (C=O) groups is 1. The van der Waals surface area contributed by atoms with Gasteiger partial charge in [-0.25, -0.2) is 9.18 Å². The van der Waals surface area contributed by atoms with Crippen molar-refractivity contribution in [2.75, 3.05) is 11.9 Å². The zero-order valence-electron chi connectivity index (χ0n) is 17.8. The second-order valence-electron chi connectivity index (χ2n) is 7.36. The van der Waals surface area contributed by atoms with Gasteiger partial charge >= 0.3 is 5.97 Å². The number of aryl methyl sites for hydroxylation is 1. The highest BCUT2D eigenvalue weighted by Crippen LogP contribution is 2.30. The van der Waals surface area contributed by atoms with Crippen molar-refractivity contribution in [2.24, 2.45) is 5.73 Å². The maximum atomic E-state index is 13.4. The van der Waals surface area contributed by atoms with Gasteiger partial charge in [-0.1, -0.05) is 25.1 Å². The Balaban J connectivity index is 1.83. The van der Waals surface area contributed by atoms with Crippen LogP contribution < -0.4 is 15.8 Å². The van der Waals surface area contributed by atoms with Crippen molar-refractivity contribution in [2.45, 2.75) is 25.8 Å². The van der Waals surface area contributed by atoms with E-state index >= 15 is 0 Å². The first-order valence-corrected chi connectivity index (χ1v) is 10.3. The third kappa shape index (κ3) is 5.85. The minimum absolute atomic E-state index is 0.0593. The predicted molar refractivity (Wildman–Crippen MR) is 123 cm³/mol. The fourth-order valence-corrected chi connectivity index (χ4v) is 3.33. The van der Waals surface area contributed by atoms with Crippen LogP contribution in [0.3, 0.4) is 0 Å². The number of halogens is 1. The van der Waals surface area contributed by atoms with Gasteiger partial charge in [0.25, 0.3) is 0 Å². The van der Waals surface area contributed by atoms with Crippen molar-refractivity contribution >= 4 is 17.5 Å². The van der Waals surface area contributed by atoms with Gasteiger partial charge in [0.1, 0.15) is 17.4 Å². The van der Waals surface area contributed by atoms with Crippen LogP contribution in [0.1, 0.15) is 35.2 Å². The van der Waals surface area contributed by atoms with Crippen molar-refractivity contribution < 1.29 is 19.0 Å². The molecule has 0 unspecified atom stereocenters. The first kappa shape index (κ1) is 22.8. The molecule has 0 aliphatic rings. The first-order chi connectivity index (χ1) is 15.4. The normalized spacial score (nSPS) is 11.6. The quantitative estimate of drug-likeness (QED) is 0.276. The molecule has 6 nitrogen and oxygen atoms in total. The van der Waals surface area contributed by atoms with Gasteiger partial charge in [0.15, 0.2) is 6.04 Å². The number of hydrogen-bond donors (Lipinski definition) is 4. The minimum Gasteiger partial charge on any atom is -0.493 e. The standard InChI is InChI=1S/C25H26FN3O3/c1-2-16-6-11-22(32-13-12-17-4-3-5-19(26)14-17)21(15-16)23(25(30)31)29-20-9-7-18(8-10-20)24(27)28/h3-11,14-15,23,29H,2,12-13H2,1H3,(H3,27,28)(H,30,31)/t23-/m1/s1. The van der Waals surface area contributed by atoms with Crippen molar-refractivity contribution in [3.63, 3.8) is 0 Å². The Kier molecular flexibility index (Phi) is 7.44. The van der Waals surface area contributed by atoms with Crippen LogP contribution in [0.25, 0.3) is 0 Å². The molecule has 0 fully saturated rings. The van der Waals surface area contributed by atoms with Gasteiger partial charge in [0.05, 0.1) is 6.61 Å². The lowest BCUT2D eigenvalue weighted by atomic mass is 10.0. The highest BCUT2D eigenvalue weighted by Gasteiger charge is 2.24. The van der Waals surface area contributed by atoms with Crippen LogP contribution in [0.2, 0.25) is 0 Å². The first-order valence-electron chi connectivity index (χ1n) is 10.3. The lowest BCUT2D eigenvalue weighted by molar-refractivity contribution is -0.138. The van der Waals surface area contributed by atoms with Gasteiger partial charge in [0, 0.05) is 23.2 Å². The van der Waals surface area contributed by atoms with E-state index in [0.29, 0.717) is 29.0 Å². The van der Waals surface area contributed by atoms with Gasteiger partial charge in [0.2, 0.25) is 0 Å². The fraction of sp³-hybridized carbons (Fsp3) is 0.200. The van der Waals surface area contributed by atoms with Crippen molar-refractivity contribution in [1.29, 1.82) is 5.41 Å². The Morgan fingerprint density at radius 3 is 2.50 bits per heavy atom. The monoisotopic (exact) mass is 435 g/mol. The van der Waals surface area contributed by atoms with Gasteiger partial charge in [-0.2, -0.15) is 0 Å². The molecule has 0 aliphatic heterocycles. The summed E-state index contributed by atoms with van der Waals surface area (Å²) in [6.07, 6.45) is 1.24. The van der Waals surface area contributed by atoms with Crippen LogP contribution in [-0.4, -0.2) is 23.5 Å². The van der Waals surface area contributed by atoms with E-state index in [1.54, 1.807) is 36.4 Å². The van der Waals surface area contributed by atoms with Gasteiger partial charge in [-0.3, -0.25) is 5.41 Å². The average Bonchev–Trinajstić information content (AvgIpc) is 2.78. The Morgan fingerprint density at radius 2 is 1.88 bits per heavy atom. The number of carboxylic acid groups (broad SMARTS) is 1. The number of aliphatic carboxylic acids is 1. The largest absolute Gasteiger partial charge is 0.493 e. The second-order valence-corrected chi connectivity index (χ2v) is 7.36. The molecular formula is C25H26FN3O3. The molecular weight excluding hydrogens is 409 g/mol. The smallest absolute Gasteiger partial charge is 0.330 e. The molecule has 1 atom stereocenters. The lowest BCUT2D eigenvalue weighted by Crippen LogP contribution is -2.22. The maximum absolute atomic E-state index is 13.4. The molecule has 0 saturated carbocycles. The molecule has 3 aromatic carbocycles. The number of nitrogens with two attached hydrogens (primary N) is 1. The molecule has 0 saturated heterocycles. The summed E-state index contributed by atoms with van der Waals surface area (Å²) in [5.41, 5.74) is 8.91. The molecule has 0 heterocycles. The maximum Gasteiger partial charge on any atom is 0.330 e. The lowest BCUT2D eigenvalue weighted by Gasteiger charge is -2.21. The summed E-state index contributed by atoms with van der Waals surface area (Å²) in [5.74, 6) is -0.958. The van der Waals surface area contributed by atoms with Crippen LogP contribution >= 0.6 is 0 Å². The number of hydrogen-bond acceptors (Lipinski definition) is 4. The summed E-state index contributed by atoms with van der Waals surface area (Å²) in [6, 6.07) is 17.4. The molecule has 5 N–H and O–H groups in total. The summed E-state index contributed by atoms with van der Waals surface area (Å²) >= 11 is 0. The molecule has 32 heavy (non-hydrogen) atoms.